The maximum Gasteiger partial charge on any atom is 0.258 e. The molecule has 3 nitrogen and oxygen atoms in total. The molecular weight excluding hydrogens is 280 g/mol. The molecule has 3 rings (SSSR count). The molecule has 110 valence electrons. The molecule has 0 radical (unpaired) electrons. The summed E-state index contributed by atoms with van der Waals surface area (Å²) in [6.45, 7) is 8.23. The highest BCUT2D eigenvalue weighted by molar-refractivity contribution is 7.71. The van der Waals surface area contributed by atoms with Crippen molar-refractivity contribution >= 4 is 12.2 Å². The Morgan fingerprint density at radius 1 is 1.29 bits per heavy atom. The first-order valence-corrected chi connectivity index (χ1v) is 7.71. The summed E-state index contributed by atoms with van der Waals surface area (Å²) in [7, 11) is 0. The van der Waals surface area contributed by atoms with Crippen molar-refractivity contribution in [2.75, 3.05) is 0 Å². The molecule has 0 spiro atoms. The van der Waals surface area contributed by atoms with Crippen LogP contribution >= 0.6 is 12.2 Å². The Kier molecular flexibility index (Phi) is 3.17. The number of rotatable bonds is 1. The molecule has 0 aliphatic heterocycles. The van der Waals surface area contributed by atoms with Crippen LogP contribution in [0.5, 0.6) is 0 Å². The molecule has 0 saturated heterocycles. The topological polar surface area (TPSA) is 37.8 Å². The van der Waals surface area contributed by atoms with E-state index in [0.29, 0.717) is 4.77 Å². The molecular formula is C17H20N2OS. The standard InChI is InChI=1S/C17H20N2OS/c1-10(2)19-15(20)13-14(18-16(19)21)12-8-6-5-7-11(12)9-17(13,3)4/h5-8,10H,9H2,1-4H3,(H,18,21). The summed E-state index contributed by atoms with van der Waals surface area (Å²) < 4.78 is 2.19. The fourth-order valence-corrected chi connectivity index (χ4v) is 3.73. The summed E-state index contributed by atoms with van der Waals surface area (Å²) in [6, 6.07) is 8.30. The SMILES string of the molecule is CC(C)n1c(=S)[nH]c2c(c1=O)C(C)(C)Cc1ccccc1-2. The maximum absolute atomic E-state index is 13.0. The second-order valence-corrected chi connectivity index (χ2v) is 7.05. The van der Waals surface area contributed by atoms with Crippen molar-refractivity contribution in [1.29, 1.82) is 0 Å². The van der Waals surface area contributed by atoms with Crippen LogP contribution in [0.1, 0.15) is 44.9 Å². The predicted molar refractivity (Wildman–Crippen MR) is 88.4 cm³/mol. The Labute approximate surface area is 129 Å². The minimum absolute atomic E-state index is 0.0447. The lowest BCUT2D eigenvalue weighted by Gasteiger charge is -2.33. The Bertz CT molecular complexity index is 827. The van der Waals surface area contributed by atoms with Gasteiger partial charge in [0.05, 0.1) is 5.69 Å². The second kappa shape index (κ2) is 4.67. The highest BCUT2D eigenvalue weighted by Crippen LogP contribution is 2.40. The Hall–Kier alpha value is -1.68. The van der Waals surface area contributed by atoms with Gasteiger partial charge in [-0.2, -0.15) is 0 Å². The zero-order valence-electron chi connectivity index (χ0n) is 12.9. The third kappa shape index (κ3) is 2.09. The van der Waals surface area contributed by atoms with E-state index in [1.807, 2.05) is 26.0 Å². The molecule has 1 aliphatic rings. The van der Waals surface area contributed by atoms with Crippen molar-refractivity contribution in [1.82, 2.24) is 9.55 Å². The fourth-order valence-electron chi connectivity index (χ4n) is 3.33. The number of nitrogens with zero attached hydrogens (tertiary/aromatic N) is 1. The third-order valence-electron chi connectivity index (χ3n) is 4.25. The minimum atomic E-state index is -0.197. The van der Waals surface area contributed by atoms with Gasteiger partial charge in [0.25, 0.3) is 5.56 Å². The first kappa shape index (κ1) is 14.3. The third-order valence-corrected chi connectivity index (χ3v) is 4.54. The van der Waals surface area contributed by atoms with Crippen molar-refractivity contribution in [3.63, 3.8) is 0 Å². The summed E-state index contributed by atoms with van der Waals surface area (Å²) in [4.78, 5) is 16.3. The first-order chi connectivity index (χ1) is 9.83. The van der Waals surface area contributed by atoms with Gasteiger partial charge in [-0.3, -0.25) is 9.36 Å². The van der Waals surface area contributed by atoms with Crippen LogP contribution in [0.15, 0.2) is 29.1 Å². The van der Waals surface area contributed by atoms with Crippen LogP contribution < -0.4 is 5.56 Å². The van der Waals surface area contributed by atoms with E-state index >= 15 is 0 Å². The largest absolute Gasteiger partial charge is 0.331 e. The maximum atomic E-state index is 13.0. The average Bonchev–Trinajstić information content (AvgIpc) is 2.36. The van der Waals surface area contributed by atoms with Crippen LogP contribution in [0, 0.1) is 4.77 Å². The number of benzene rings is 1. The van der Waals surface area contributed by atoms with E-state index < -0.39 is 0 Å². The number of H-pyrrole nitrogens is 1. The van der Waals surface area contributed by atoms with E-state index in [0.717, 1.165) is 23.2 Å². The summed E-state index contributed by atoms with van der Waals surface area (Å²) in [5, 5.41) is 0. The molecule has 1 aromatic heterocycles. The van der Waals surface area contributed by atoms with Crippen molar-refractivity contribution < 1.29 is 0 Å². The van der Waals surface area contributed by atoms with Crippen LogP contribution in [0.4, 0.5) is 0 Å². The molecule has 1 aromatic carbocycles. The zero-order chi connectivity index (χ0) is 15.4. The summed E-state index contributed by atoms with van der Waals surface area (Å²) in [6.07, 6.45) is 0.869. The molecule has 0 saturated carbocycles. The van der Waals surface area contributed by atoms with E-state index in [1.165, 1.54) is 5.56 Å². The van der Waals surface area contributed by atoms with Gasteiger partial charge in [0.1, 0.15) is 0 Å². The number of aromatic nitrogens is 2. The number of hydrogen-bond donors (Lipinski definition) is 1. The van der Waals surface area contributed by atoms with Crippen LogP contribution in [0.25, 0.3) is 11.3 Å². The second-order valence-electron chi connectivity index (χ2n) is 6.67. The molecule has 4 heteroatoms. The van der Waals surface area contributed by atoms with E-state index in [9.17, 15) is 4.79 Å². The quantitative estimate of drug-likeness (QED) is 0.809. The molecule has 1 N–H and O–H groups in total. The Morgan fingerprint density at radius 2 is 1.95 bits per heavy atom. The molecule has 0 unspecified atom stereocenters. The van der Waals surface area contributed by atoms with Gasteiger partial charge >= 0.3 is 0 Å². The van der Waals surface area contributed by atoms with Crippen LogP contribution in [-0.2, 0) is 11.8 Å². The highest BCUT2D eigenvalue weighted by Gasteiger charge is 2.35. The van der Waals surface area contributed by atoms with Crippen molar-refractivity contribution in [2.24, 2.45) is 0 Å². The normalized spacial score (nSPS) is 15.7. The van der Waals surface area contributed by atoms with Gasteiger partial charge in [-0.15, -0.1) is 0 Å². The molecule has 0 amide bonds. The van der Waals surface area contributed by atoms with E-state index in [2.05, 4.69) is 31.0 Å². The number of nitrogens with one attached hydrogen (secondary N) is 1. The summed E-state index contributed by atoms with van der Waals surface area (Å²) >= 11 is 5.41. The molecule has 0 bridgehead atoms. The lowest BCUT2D eigenvalue weighted by molar-refractivity contribution is 0.480. The molecule has 1 heterocycles. The van der Waals surface area contributed by atoms with Crippen molar-refractivity contribution in [3.8, 4) is 11.3 Å². The van der Waals surface area contributed by atoms with Crippen molar-refractivity contribution in [2.45, 2.75) is 45.6 Å². The number of hydrogen-bond acceptors (Lipinski definition) is 2. The van der Waals surface area contributed by atoms with Crippen molar-refractivity contribution in [3.05, 3.63) is 50.5 Å². The molecule has 1 aliphatic carbocycles. The molecule has 0 atom stereocenters. The monoisotopic (exact) mass is 300 g/mol. The van der Waals surface area contributed by atoms with E-state index in [-0.39, 0.29) is 17.0 Å². The van der Waals surface area contributed by atoms with Gasteiger partial charge in [-0.25, -0.2) is 0 Å². The van der Waals surface area contributed by atoms with E-state index in [4.69, 9.17) is 12.2 Å². The van der Waals surface area contributed by atoms with Gasteiger partial charge in [-0.05, 0) is 38.0 Å². The minimum Gasteiger partial charge on any atom is -0.331 e. The Morgan fingerprint density at radius 3 is 2.62 bits per heavy atom. The predicted octanol–water partition coefficient (Wildman–Crippen LogP) is 3.99. The number of fused-ring (bicyclic) bond motifs is 3. The van der Waals surface area contributed by atoms with Crippen LogP contribution in [0.2, 0.25) is 0 Å². The molecule has 21 heavy (non-hydrogen) atoms. The van der Waals surface area contributed by atoms with Gasteiger partial charge < -0.3 is 4.98 Å². The average molecular weight is 300 g/mol. The van der Waals surface area contributed by atoms with Crippen LogP contribution in [0.3, 0.4) is 0 Å². The lowest BCUT2D eigenvalue weighted by Crippen LogP contribution is -2.38. The molecule has 0 fully saturated rings. The fraction of sp³-hybridized carbons (Fsp3) is 0.412. The van der Waals surface area contributed by atoms with Crippen LogP contribution in [-0.4, -0.2) is 9.55 Å². The summed E-state index contributed by atoms with van der Waals surface area (Å²) in [5.41, 5.74) is 3.96. The lowest BCUT2D eigenvalue weighted by atomic mass is 9.72. The summed E-state index contributed by atoms with van der Waals surface area (Å²) in [5.74, 6) is 0. The van der Waals surface area contributed by atoms with Gasteiger partial charge in [-0.1, -0.05) is 38.1 Å². The number of aromatic amines is 1. The van der Waals surface area contributed by atoms with Gasteiger partial charge in [0, 0.05) is 22.6 Å². The molecule has 2 aromatic rings. The smallest absolute Gasteiger partial charge is 0.258 e. The first-order valence-electron chi connectivity index (χ1n) is 7.30. The van der Waals surface area contributed by atoms with E-state index in [1.54, 1.807) is 4.57 Å². The van der Waals surface area contributed by atoms with Gasteiger partial charge in [0.2, 0.25) is 0 Å². The Balaban J connectivity index is 2.46. The van der Waals surface area contributed by atoms with Gasteiger partial charge in [0.15, 0.2) is 4.77 Å². The zero-order valence-corrected chi connectivity index (χ0v) is 13.7. The highest BCUT2D eigenvalue weighted by atomic mass is 32.1.